The van der Waals surface area contributed by atoms with Crippen LogP contribution in [0.3, 0.4) is 0 Å². The fraction of sp³-hybridized carbons (Fsp3) is 0.295. The van der Waals surface area contributed by atoms with Crippen LogP contribution in [-0.2, 0) is 5.41 Å². The van der Waals surface area contributed by atoms with Crippen LogP contribution in [0, 0.1) is 46.5 Å². The zero-order valence-electron chi connectivity index (χ0n) is 56.9. The van der Waals surface area contributed by atoms with Crippen molar-refractivity contribution in [2.45, 2.75) is 167 Å². The fourth-order valence-corrected chi connectivity index (χ4v) is 11.6. The first-order valence-corrected chi connectivity index (χ1v) is 32.8. The Kier molecular flexibility index (Phi) is 34.5. The molecule has 0 radical (unpaired) electrons. The van der Waals surface area contributed by atoms with Gasteiger partial charge in [-0.3, -0.25) is 0 Å². The molecule has 5 aliphatic carbocycles. The van der Waals surface area contributed by atoms with Crippen LogP contribution in [0.2, 0.25) is 0 Å². The van der Waals surface area contributed by atoms with Gasteiger partial charge >= 0.3 is 0 Å². The molecular weight excluding hydrogens is 1060 g/mol. The van der Waals surface area contributed by atoms with Crippen molar-refractivity contribution in [1.82, 2.24) is 0 Å². The van der Waals surface area contributed by atoms with E-state index in [1.807, 2.05) is 53.7 Å². The molecule has 0 bridgehead atoms. The lowest BCUT2D eigenvalue weighted by molar-refractivity contribution is 0.642. The third kappa shape index (κ3) is 21.3. The lowest BCUT2D eigenvalue weighted by atomic mass is 9.62. The number of terminal acetylenes is 1. The van der Waals surface area contributed by atoms with Gasteiger partial charge in [-0.05, 0) is 195 Å². The summed E-state index contributed by atoms with van der Waals surface area (Å²) in [5.74, 6) is 0.493. The molecular formula is C88H108. The number of fused-ring (bicyclic) bond motifs is 3. The van der Waals surface area contributed by atoms with Crippen LogP contribution in [0.1, 0.15) is 178 Å². The van der Waals surface area contributed by atoms with Crippen molar-refractivity contribution >= 4 is 27.5 Å². The van der Waals surface area contributed by atoms with Crippen LogP contribution in [0.4, 0.5) is 0 Å². The quantitative estimate of drug-likeness (QED) is 0.0814. The smallest absolute Gasteiger partial charge is 0.0636 e. The summed E-state index contributed by atoms with van der Waals surface area (Å²) in [5.41, 5.74) is 24.6. The molecule has 0 saturated heterocycles. The highest BCUT2D eigenvalue weighted by atomic mass is 14.5. The monoisotopic (exact) mass is 1160 g/mol. The Balaban J connectivity index is 0.000000313. The molecule has 0 fully saturated rings. The van der Waals surface area contributed by atoms with Gasteiger partial charge in [0.25, 0.3) is 0 Å². The maximum Gasteiger partial charge on any atom is 0.0636 e. The van der Waals surface area contributed by atoms with Gasteiger partial charge in [-0.1, -0.05) is 327 Å². The topological polar surface area (TPSA) is 0 Å². The van der Waals surface area contributed by atoms with Gasteiger partial charge in [0.2, 0.25) is 0 Å². The first kappa shape index (κ1) is 74.0. The summed E-state index contributed by atoms with van der Waals surface area (Å²) in [6.07, 6.45) is 62.7. The molecule has 0 aromatic heterocycles. The maximum atomic E-state index is 4.31. The van der Waals surface area contributed by atoms with Crippen molar-refractivity contribution < 1.29 is 0 Å². The standard InChI is InChI=1S/C30H36.C26H28.C13H14.C11H10.3C2H6.C2H2/c1-7-8-15-28(30-17-12-10-14-25(30)5)21-20-27(22-23(2)3)19-18-26(6)29-16-11-9-13-24(29)4;1-4-11-20(5-2)26(21-12-7-6-8-13-21)24-15-10-9-14-22(24)23-17-16-19(3)18-25(23)26;1-11-7-9-13(10-8-11)12-5-3-2-4-6-12;1-9-6-7-10-4-2-3-5-11(10)8-9;4*1-2/h7-8,10-12,14-19,21-23H,1,6,9,13,20H2,2-5H3;4-7,9,11-12,14,16-18H,8,10,13,15H2,1-3H3;2-3,5,7-10H,4,6H2,1H3;2-8H,1H3;3*1-2H3;1-2H/b15-8-,19-18-,27-22+,28-21+;11-4-,20-5+;;;;;;. The largest absolute Gasteiger partial charge is 0.124 e. The van der Waals surface area contributed by atoms with E-state index in [0.717, 1.165) is 50.5 Å². The van der Waals surface area contributed by atoms with Crippen molar-refractivity contribution in [3.05, 3.63) is 327 Å². The minimum Gasteiger partial charge on any atom is -0.124 e. The molecule has 1 unspecified atom stereocenters. The highest BCUT2D eigenvalue weighted by molar-refractivity contribution is 5.91. The molecule has 0 spiro atoms. The molecule has 0 aliphatic heterocycles. The van der Waals surface area contributed by atoms with Gasteiger partial charge in [0.15, 0.2) is 0 Å². The van der Waals surface area contributed by atoms with E-state index in [1.165, 1.54) is 107 Å². The van der Waals surface area contributed by atoms with Crippen LogP contribution in [0.15, 0.2) is 283 Å². The summed E-state index contributed by atoms with van der Waals surface area (Å²) in [6, 6.07) is 39.3. The Morgan fingerprint density at radius 1 is 0.614 bits per heavy atom. The summed E-state index contributed by atoms with van der Waals surface area (Å²) in [4.78, 5) is 0. The van der Waals surface area contributed by atoms with Gasteiger partial charge in [0.1, 0.15) is 0 Å². The lowest BCUT2D eigenvalue weighted by Gasteiger charge is -2.40. The molecule has 5 aromatic carbocycles. The second-order valence-corrected chi connectivity index (χ2v) is 22.2. The Morgan fingerprint density at radius 2 is 1.23 bits per heavy atom. The summed E-state index contributed by atoms with van der Waals surface area (Å²) in [6.45, 7) is 39.8. The molecule has 0 N–H and O–H groups in total. The third-order valence-electron chi connectivity index (χ3n) is 15.7. The van der Waals surface area contributed by atoms with E-state index in [4.69, 9.17) is 0 Å². The molecule has 10 rings (SSSR count). The predicted molar refractivity (Wildman–Crippen MR) is 399 cm³/mol. The van der Waals surface area contributed by atoms with E-state index in [-0.39, 0.29) is 5.41 Å². The summed E-state index contributed by atoms with van der Waals surface area (Å²) < 4.78 is 0. The zero-order valence-corrected chi connectivity index (χ0v) is 56.9. The Hall–Kier alpha value is -8.24. The molecule has 0 saturated carbocycles. The number of allylic oxidation sites excluding steroid dienone is 30. The van der Waals surface area contributed by atoms with Crippen LogP contribution < -0.4 is 0 Å². The number of hydrogen-bond acceptors (Lipinski definition) is 0. The lowest BCUT2D eigenvalue weighted by Crippen LogP contribution is -2.32. The maximum absolute atomic E-state index is 4.31. The Bertz CT molecular complexity index is 3490. The first-order valence-electron chi connectivity index (χ1n) is 32.8. The average Bonchev–Trinajstić information content (AvgIpc) is 1.61. The average molecular weight is 1170 g/mol. The molecule has 1 atom stereocenters. The number of benzene rings is 5. The SMILES string of the molecule is C#C.C/C=C\C(=C/C)C1(C2=CC=CCC2)C2=C(C=CCC2)c2ccc(C)cc21.C=C/C=C\C(=C/CC(/C=C\C(=C)C1=C(C)CCC=C1)=C/C(C)C)c1ccccc1C.CC.CC.CC.Cc1ccc(C2=CC=CCC2)cc1.Cc1ccc2ccccc2c1. The van der Waals surface area contributed by atoms with E-state index in [9.17, 15) is 0 Å². The van der Waals surface area contributed by atoms with Crippen LogP contribution in [0.5, 0.6) is 0 Å². The van der Waals surface area contributed by atoms with E-state index in [2.05, 4.69) is 307 Å². The summed E-state index contributed by atoms with van der Waals surface area (Å²) in [5, 5.41) is 2.64. The second-order valence-electron chi connectivity index (χ2n) is 22.2. The van der Waals surface area contributed by atoms with E-state index < -0.39 is 0 Å². The van der Waals surface area contributed by atoms with Gasteiger partial charge in [-0.15, -0.1) is 12.8 Å². The highest BCUT2D eigenvalue weighted by Crippen LogP contribution is 2.59. The third-order valence-corrected chi connectivity index (χ3v) is 15.7. The normalized spacial score (nSPS) is 16.5. The van der Waals surface area contributed by atoms with Crippen LogP contribution >= 0.6 is 0 Å². The van der Waals surface area contributed by atoms with Gasteiger partial charge in [-0.25, -0.2) is 0 Å². The second kappa shape index (κ2) is 41.0. The van der Waals surface area contributed by atoms with Gasteiger partial charge in [0, 0.05) is 0 Å². The van der Waals surface area contributed by atoms with Gasteiger partial charge < -0.3 is 0 Å². The van der Waals surface area contributed by atoms with E-state index in [0.29, 0.717) is 5.92 Å². The molecule has 460 valence electrons. The fourth-order valence-electron chi connectivity index (χ4n) is 11.6. The zero-order chi connectivity index (χ0) is 64.9. The van der Waals surface area contributed by atoms with E-state index in [1.54, 1.807) is 11.1 Å². The van der Waals surface area contributed by atoms with Crippen molar-refractivity contribution in [3.63, 3.8) is 0 Å². The van der Waals surface area contributed by atoms with Crippen molar-refractivity contribution in [2.75, 3.05) is 0 Å². The highest BCUT2D eigenvalue weighted by Gasteiger charge is 2.48. The van der Waals surface area contributed by atoms with Crippen LogP contribution in [0.25, 0.3) is 27.5 Å². The minimum absolute atomic E-state index is 0.0898. The van der Waals surface area contributed by atoms with Gasteiger partial charge in [-0.2, -0.15) is 0 Å². The molecule has 88 heavy (non-hydrogen) atoms. The Morgan fingerprint density at radius 3 is 1.85 bits per heavy atom. The van der Waals surface area contributed by atoms with Crippen molar-refractivity contribution in [1.29, 1.82) is 0 Å². The number of rotatable bonds is 13. The Labute approximate surface area is 537 Å². The minimum atomic E-state index is -0.0898. The predicted octanol–water partition coefficient (Wildman–Crippen LogP) is 26.2. The van der Waals surface area contributed by atoms with Crippen molar-refractivity contribution in [3.8, 4) is 12.8 Å². The number of aryl methyl sites for hydroxylation is 4. The van der Waals surface area contributed by atoms with Gasteiger partial charge in [0.05, 0.1) is 5.41 Å². The molecule has 0 heterocycles. The first-order chi connectivity index (χ1) is 42.9. The van der Waals surface area contributed by atoms with Crippen molar-refractivity contribution in [2.24, 2.45) is 5.92 Å². The van der Waals surface area contributed by atoms with Crippen LogP contribution in [-0.4, -0.2) is 0 Å². The summed E-state index contributed by atoms with van der Waals surface area (Å²) >= 11 is 0. The molecule has 5 aliphatic rings. The molecule has 0 heteroatoms. The molecule has 0 nitrogen and oxygen atoms in total. The summed E-state index contributed by atoms with van der Waals surface area (Å²) in [7, 11) is 0. The molecule has 5 aromatic rings. The van der Waals surface area contributed by atoms with E-state index >= 15 is 0 Å². The molecule has 0 amide bonds. The number of hydrogen-bond donors (Lipinski definition) is 0.